The van der Waals surface area contributed by atoms with Gasteiger partial charge in [-0.25, -0.2) is 0 Å². The highest BCUT2D eigenvalue weighted by Crippen LogP contribution is 1.94. The Bertz CT molecular complexity index is 118. The molecule has 14 heavy (non-hydrogen) atoms. The lowest BCUT2D eigenvalue weighted by Gasteiger charge is -2.19. The van der Waals surface area contributed by atoms with Crippen molar-refractivity contribution in [3.8, 4) is 0 Å². The normalized spacial score (nSPS) is 11.6. The van der Waals surface area contributed by atoms with Crippen LogP contribution in [0.1, 0.15) is 27.2 Å². The Labute approximate surface area is 88.4 Å². The number of hydrogen-bond donors (Lipinski definition) is 0. The van der Waals surface area contributed by atoms with E-state index in [9.17, 15) is 0 Å². The number of likely N-dealkylation sites (N-methyl/N-ethyl adjacent to an activating group) is 1. The van der Waals surface area contributed by atoms with Gasteiger partial charge in [-0.15, -0.1) is 0 Å². The van der Waals surface area contributed by atoms with E-state index >= 15 is 0 Å². The highest BCUT2D eigenvalue weighted by Gasteiger charge is 2.01. The summed E-state index contributed by atoms with van der Waals surface area (Å²) in [5, 5.41) is 0. The van der Waals surface area contributed by atoms with E-state index in [2.05, 4.69) is 25.7 Å². The fourth-order valence-corrected chi connectivity index (χ4v) is 1.26. The van der Waals surface area contributed by atoms with E-state index in [4.69, 9.17) is 9.47 Å². The first-order chi connectivity index (χ1) is 6.70. The first-order valence-electron chi connectivity index (χ1n) is 5.53. The van der Waals surface area contributed by atoms with Crippen molar-refractivity contribution >= 4 is 0 Å². The highest BCUT2D eigenvalue weighted by atomic mass is 16.5. The van der Waals surface area contributed by atoms with Gasteiger partial charge in [0.05, 0.1) is 12.7 Å². The molecule has 0 aliphatic carbocycles. The average molecular weight is 203 g/mol. The number of rotatable bonds is 9. The molecular weight excluding hydrogens is 178 g/mol. The molecule has 0 aromatic heterocycles. The maximum atomic E-state index is 5.48. The van der Waals surface area contributed by atoms with Crippen molar-refractivity contribution in [2.75, 3.05) is 40.0 Å². The molecular formula is C11H25NO2. The van der Waals surface area contributed by atoms with Crippen LogP contribution in [0, 0.1) is 0 Å². The molecule has 0 aromatic carbocycles. The van der Waals surface area contributed by atoms with Crippen molar-refractivity contribution in [3.63, 3.8) is 0 Å². The van der Waals surface area contributed by atoms with Crippen LogP contribution in [0.5, 0.6) is 0 Å². The molecule has 0 unspecified atom stereocenters. The second-order valence-electron chi connectivity index (χ2n) is 3.70. The van der Waals surface area contributed by atoms with E-state index in [-0.39, 0.29) is 0 Å². The molecule has 0 fully saturated rings. The Morgan fingerprint density at radius 2 is 1.86 bits per heavy atom. The molecule has 86 valence electrons. The Balaban J connectivity index is 3.33. The summed E-state index contributed by atoms with van der Waals surface area (Å²) >= 11 is 0. The van der Waals surface area contributed by atoms with Crippen LogP contribution in [-0.4, -0.2) is 51.0 Å². The topological polar surface area (TPSA) is 21.7 Å². The van der Waals surface area contributed by atoms with E-state index in [0.717, 1.165) is 39.3 Å². The molecule has 0 radical (unpaired) electrons. The third-order valence-electron chi connectivity index (χ3n) is 2.13. The lowest BCUT2D eigenvalue weighted by atomic mass is 10.4. The van der Waals surface area contributed by atoms with Crippen molar-refractivity contribution in [2.24, 2.45) is 0 Å². The zero-order chi connectivity index (χ0) is 10.8. The van der Waals surface area contributed by atoms with E-state index < -0.39 is 0 Å². The number of nitrogens with zero attached hydrogens (tertiary/aromatic N) is 1. The maximum Gasteiger partial charge on any atom is 0.0589 e. The molecule has 0 aliphatic heterocycles. The predicted molar refractivity (Wildman–Crippen MR) is 59.7 cm³/mol. The molecule has 0 saturated carbocycles. The average Bonchev–Trinajstić information content (AvgIpc) is 2.16. The molecule has 0 atom stereocenters. The first-order valence-corrected chi connectivity index (χ1v) is 5.53. The minimum atomic E-state index is 0.351. The molecule has 0 bridgehead atoms. The summed E-state index contributed by atoms with van der Waals surface area (Å²) in [7, 11) is 1.75. The quantitative estimate of drug-likeness (QED) is 0.533. The van der Waals surface area contributed by atoms with Crippen LogP contribution in [0.3, 0.4) is 0 Å². The predicted octanol–water partition coefficient (Wildman–Crippen LogP) is 1.77. The van der Waals surface area contributed by atoms with Crippen molar-refractivity contribution in [1.29, 1.82) is 0 Å². The molecule has 0 heterocycles. The molecule has 0 amide bonds. The van der Waals surface area contributed by atoms with Gasteiger partial charge in [-0.3, -0.25) is 0 Å². The number of ether oxygens (including phenoxy) is 2. The minimum Gasteiger partial charge on any atom is -0.383 e. The fraction of sp³-hybridized carbons (Fsp3) is 1.00. The maximum absolute atomic E-state index is 5.48. The third-order valence-corrected chi connectivity index (χ3v) is 2.13. The minimum absolute atomic E-state index is 0.351. The molecule has 0 N–H and O–H groups in total. The fourth-order valence-electron chi connectivity index (χ4n) is 1.26. The van der Waals surface area contributed by atoms with Gasteiger partial charge >= 0.3 is 0 Å². The summed E-state index contributed by atoms with van der Waals surface area (Å²) in [6, 6.07) is 0. The molecule has 3 nitrogen and oxygen atoms in total. The largest absolute Gasteiger partial charge is 0.383 e. The Kier molecular flexibility index (Phi) is 9.35. The Hall–Kier alpha value is -0.120. The summed E-state index contributed by atoms with van der Waals surface area (Å²) in [5.74, 6) is 0. The lowest BCUT2D eigenvalue weighted by molar-refractivity contribution is 0.0681. The molecule has 0 aliphatic rings. The molecule has 0 saturated heterocycles. The second-order valence-corrected chi connectivity index (χ2v) is 3.70. The standard InChI is InChI=1S/C11H25NO2/c1-5-12(8-10-13-4)7-6-9-14-11(2)3/h11H,5-10H2,1-4H3. The summed E-state index contributed by atoms with van der Waals surface area (Å²) in [6.07, 6.45) is 1.46. The first kappa shape index (κ1) is 13.9. The van der Waals surface area contributed by atoms with Crippen molar-refractivity contribution in [1.82, 2.24) is 4.90 Å². The van der Waals surface area contributed by atoms with Crippen LogP contribution in [0.4, 0.5) is 0 Å². The van der Waals surface area contributed by atoms with E-state index in [1.165, 1.54) is 0 Å². The summed E-state index contributed by atoms with van der Waals surface area (Å²) in [6.45, 7) is 11.2. The molecule has 0 aromatic rings. The Morgan fingerprint density at radius 3 is 2.36 bits per heavy atom. The number of methoxy groups -OCH3 is 1. The van der Waals surface area contributed by atoms with Crippen molar-refractivity contribution in [2.45, 2.75) is 33.3 Å². The van der Waals surface area contributed by atoms with Crippen LogP contribution in [0.25, 0.3) is 0 Å². The second kappa shape index (κ2) is 9.44. The van der Waals surface area contributed by atoms with Crippen LogP contribution < -0.4 is 0 Å². The van der Waals surface area contributed by atoms with Crippen LogP contribution >= 0.6 is 0 Å². The van der Waals surface area contributed by atoms with Crippen LogP contribution in [-0.2, 0) is 9.47 Å². The van der Waals surface area contributed by atoms with Crippen LogP contribution in [0.15, 0.2) is 0 Å². The van der Waals surface area contributed by atoms with Crippen molar-refractivity contribution < 1.29 is 9.47 Å². The highest BCUT2D eigenvalue weighted by molar-refractivity contribution is 4.54. The molecule has 0 rings (SSSR count). The van der Waals surface area contributed by atoms with Gasteiger partial charge < -0.3 is 14.4 Å². The zero-order valence-corrected chi connectivity index (χ0v) is 10.1. The summed E-state index contributed by atoms with van der Waals surface area (Å²) in [4.78, 5) is 2.38. The SMILES string of the molecule is CCN(CCCOC(C)C)CCOC. The smallest absolute Gasteiger partial charge is 0.0589 e. The molecule has 0 spiro atoms. The lowest BCUT2D eigenvalue weighted by Crippen LogP contribution is -2.29. The van der Waals surface area contributed by atoms with Gasteiger partial charge in [0.25, 0.3) is 0 Å². The van der Waals surface area contributed by atoms with Gasteiger partial charge in [0.15, 0.2) is 0 Å². The van der Waals surface area contributed by atoms with E-state index in [1.807, 2.05) is 0 Å². The van der Waals surface area contributed by atoms with Crippen LogP contribution in [0.2, 0.25) is 0 Å². The molecule has 3 heteroatoms. The van der Waals surface area contributed by atoms with Gasteiger partial charge in [-0.1, -0.05) is 6.92 Å². The van der Waals surface area contributed by atoms with Crippen molar-refractivity contribution in [3.05, 3.63) is 0 Å². The van der Waals surface area contributed by atoms with Gasteiger partial charge in [-0.2, -0.15) is 0 Å². The van der Waals surface area contributed by atoms with Gasteiger partial charge in [0, 0.05) is 26.8 Å². The van der Waals surface area contributed by atoms with E-state index in [0.29, 0.717) is 6.10 Å². The van der Waals surface area contributed by atoms with Gasteiger partial charge in [0.1, 0.15) is 0 Å². The zero-order valence-electron chi connectivity index (χ0n) is 10.1. The van der Waals surface area contributed by atoms with E-state index in [1.54, 1.807) is 7.11 Å². The van der Waals surface area contributed by atoms with Gasteiger partial charge in [-0.05, 0) is 26.8 Å². The monoisotopic (exact) mass is 203 g/mol. The number of hydrogen-bond acceptors (Lipinski definition) is 3. The summed E-state index contributed by atoms with van der Waals surface area (Å²) in [5.41, 5.74) is 0. The summed E-state index contributed by atoms with van der Waals surface area (Å²) < 4.78 is 10.5. The van der Waals surface area contributed by atoms with Gasteiger partial charge in [0.2, 0.25) is 0 Å². The Morgan fingerprint density at radius 1 is 1.14 bits per heavy atom. The third kappa shape index (κ3) is 8.48.